The van der Waals surface area contributed by atoms with E-state index in [4.69, 9.17) is 0 Å². The second kappa shape index (κ2) is 6.10. The van der Waals surface area contributed by atoms with Crippen LogP contribution >= 0.6 is 0 Å². The van der Waals surface area contributed by atoms with Gasteiger partial charge in [0.2, 0.25) is 0 Å². The predicted octanol–water partition coefficient (Wildman–Crippen LogP) is 0.692. The van der Waals surface area contributed by atoms with Crippen LogP contribution in [0.15, 0.2) is 54.9 Å². The number of para-hydroxylation sites is 1. The minimum absolute atomic E-state index is 1.05. The fourth-order valence-electron chi connectivity index (χ4n) is 2.80. The van der Waals surface area contributed by atoms with Gasteiger partial charge in [0, 0.05) is 44.0 Å². The first-order valence-electron chi connectivity index (χ1n) is 7.28. The highest BCUT2D eigenvalue weighted by Crippen LogP contribution is 2.16. The molecule has 1 aromatic heterocycles. The van der Waals surface area contributed by atoms with Gasteiger partial charge in [-0.15, -0.1) is 0 Å². The lowest BCUT2D eigenvalue weighted by Gasteiger charge is -2.36. The van der Waals surface area contributed by atoms with Crippen molar-refractivity contribution in [2.45, 2.75) is 6.54 Å². The maximum absolute atomic E-state index is 2.54. The van der Waals surface area contributed by atoms with E-state index in [9.17, 15) is 0 Å². The van der Waals surface area contributed by atoms with Crippen LogP contribution in [0, 0.1) is 0 Å². The van der Waals surface area contributed by atoms with Gasteiger partial charge < -0.3 is 4.90 Å². The van der Waals surface area contributed by atoms with E-state index in [1.165, 1.54) is 11.3 Å². The summed E-state index contributed by atoms with van der Waals surface area (Å²) in [4.78, 5) is 5.01. The summed E-state index contributed by atoms with van der Waals surface area (Å²) in [5, 5.41) is 0. The number of pyridine rings is 1. The van der Waals surface area contributed by atoms with Gasteiger partial charge in [-0.3, -0.25) is 9.38 Å². The molecule has 0 aliphatic carbocycles. The molecule has 0 saturated carbocycles. The number of benzene rings is 1. The van der Waals surface area contributed by atoms with Crippen molar-refractivity contribution in [2.24, 2.45) is 0 Å². The highest BCUT2D eigenvalue weighted by molar-refractivity contribution is 5.94. The summed E-state index contributed by atoms with van der Waals surface area (Å²) in [5.41, 5.74) is 2.74. The van der Waals surface area contributed by atoms with Gasteiger partial charge in [0.15, 0.2) is 0 Å². The monoisotopic (exact) mass is 266 g/mol. The third kappa shape index (κ3) is 3.20. The molecular weight excluding hydrogens is 245 g/mol. The predicted molar refractivity (Wildman–Crippen MR) is 84.5 cm³/mol. The number of piperazine rings is 1. The Labute approximate surface area is 121 Å². The zero-order valence-corrected chi connectivity index (χ0v) is 12.1. The summed E-state index contributed by atoms with van der Waals surface area (Å²) >= 11 is 0. The molecule has 20 heavy (non-hydrogen) atoms. The number of hydrogen-bond donors (Lipinski definition) is 0. The number of hydrogen-bond acceptors (Lipinski definition) is 2. The molecule has 1 aliphatic heterocycles. The molecule has 1 saturated heterocycles. The van der Waals surface area contributed by atoms with E-state index in [2.05, 4.69) is 77.1 Å². The lowest BCUT2D eigenvalue weighted by atomic mass is 10.2. The van der Waals surface area contributed by atoms with Crippen molar-refractivity contribution >= 4 is 13.7 Å². The molecule has 102 valence electrons. The van der Waals surface area contributed by atoms with Crippen LogP contribution in [0.4, 0.5) is 5.69 Å². The fourth-order valence-corrected chi connectivity index (χ4v) is 2.80. The van der Waals surface area contributed by atoms with E-state index >= 15 is 0 Å². The van der Waals surface area contributed by atoms with Crippen molar-refractivity contribution in [3.8, 4) is 0 Å². The Balaban J connectivity index is 1.56. The first-order chi connectivity index (χ1) is 9.81. The minimum Gasteiger partial charge on any atom is -0.369 e. The number of anilines is 1. The average molecular weight is 266 g/mol. The summed E-state index contributed by atoms with van der Waals surface area (Å²) in [6.07, 6.45) is 4.29. The molecule has 0 unspecified atom stereocenters. The lowest BCUT2D eigenvalue weighted by molar-refractivity contribution is -0.522. The largest absolute Gasteiger partial charge is 0.455 e. The van der Waals surface area contributed by atoms with Crippen LogP contribution in [0.2, 0.25) is 0 Å². The molecule has 2 heterocycles. The normalized spacial score (nSPS) is 16.3. The first-order valence-corrected chi connectivity index (χ1v) is 7.28. The second-order valence-electron chi connectivity index (χ2n) is 5.48. The molecule has 1 aromatic carbocycles. The lowest BCUT2D eigenvalue weighted by Crippen LogP contribution is -2.46. The van der Waals surface area contributed by atoms with Gasteiger partial charge >= 0.3 is 7.98 Å². The zero-order valence-electron chi connectivity index (χ0n) is 12.1. The third-order valence-electron chi connectivity index (χ3n) is 3.90. The fraction of sp³-hybridized carbons (Fsp3) is 0.312. The Hall–Kier alpha value is -1.81. The summed E-state index contributed by atoms with van der Waals surface area (Å²) in [6, 6.07) is 15.0. The highest BCUT2D eigenvalue weighted by atomic mass is 15.3. The molecule has 0 bridgehead atoms. The topological polar surface area (TPSA) is 10.4 Å². The van der Waals surface area contributed by atoms with Crippen molar-refractivity contribution < 1.29 is 4.48 Å². The van der Waals surface area contributed by atoms with Crippen LogP contribution in [0.3, 0.4) is 0 Å². The van der Waals surface area contributed by atoms with Gasteiger partial charge in [0.05, 0.1) is 0 Å². The molecule has 4 heteroatoms. The van der Waals surface area contributed by atoms with Crippen LogP contribution in [0.25, 0.3) is 0 Å². The molecule has 3 nitrogen and oxygen atoms in total. The van der Waals surface area contributed by atoms with E-state index in [-0.39, 0.29) is 0 Å². The minimum atomic E-state index is 1.05. The van der Waals surface area contributed by atoms with Crippen molar-refractivity contribution in [1.82, 2.24) is 4.90 Å². The van der Waals surface area contributed by atoms with E-state index in [1.54, 1.807) is 0 Å². The third-order valence-corrected chi connectivity index (χ3v) is 3.90. The smallest absolute Gasteiger partial charge is 0.369 e. The summed E-state index contributed by atoms with van der Waals surface area (Å²) in [6.45, 7) is 5.55. The summed E-state index contributed by atoms with van der Waals surface area (Å²) < 4.78 is 2.12. The van der Waals surface area contributed by atoms with Crippen LogP contribution in [-0.4, -0.2) is 39.1 Å². The van der Waals surface area contributed by atoms with E-state index in [0.717, 1.165) is 32.7 Å². The van der Waals surface area contributed by atoms with Gasteiger partial charge in [-0.25, -0.2) is 0 Å². The van der Waals surface area contributed by atoms with Gasteiger partial charge in [0.1, 0.15) is 12.4 Å². The Bertz CT molecular complexity index is 551. The quantitative estimate of drug-likeness (QED) is 0.757. The number of rotatable bonds is 3. The molecule has 2 aromatic rings. The van der Waals surface area contributed by atoms with Crippen molar-refractivity contribution in [1.29, 1.82) is 0 Å². The summed E-state index contributed by atoms with van der Waals surface area (Å²) in [7, 11) is 2.08. The Kier molecular flexibility index (Phi) is 4.02. The van der Waals surface area contributed by atoms with Crippen molar-refractivity contribution in [3.63, 3.8) is 0 Å². The zero-order chi connectivity index (χ0) is 13.8. The van der Waals surface area contributed by atoms with Crippen LogP contribution in [0.5, 0.6) is 0 Å². The van der Waals surface area contributed by atoms with Crippen molar-refractivity contribution in [3.05, 3.63) is 60.4 Å². The standard InChI is InChI=1S/C16H21BN3/c17-20-8-4-5-15(14-20)13-18-9-11-19(12-10-18)16-6-2-1-3-7-16/h1-8,14H,9-13,17H2/q+1. The van der Waals surface area contributed by atoms with Gasteiger partial charge in [-0.1, -0.05) is 18.2 Å². The molecular formula is C16H21BN3+. The van der Waals surface area contributed by atoms with Crippen LogP contribution < -0.4 is 9.38 Å². The maximum atomic E-state index is 2.54. The van der Waals surface area contributed by atoms with Crippen molar-refractivity contribution in [2.75, 3.05) is 31.1 Å². The summed E-state index contributed by atoms with van der Waals surface area (Å²) in [5.74, 6) is 0. The highest BCUT2D eigenvalue weighted by Gasteiger charge is 2.17. The molecule has 3 rings (SSSR count). The molecule has 1 aliphatic rings. The maximum Gasteiger partial charge on any atom is 0.455 e. The van der Waals surface area contributed by atoms with E-state index in [0.29, 0.717) is 0 Å². The van der Waals surface area contributed by atoms with Gasteiger partial charge in [-0.05, 0) is 24.3 Å². The van der Waals surface area contributed by atoms with Gasteiger partial charge in [0.25, 0.3) is 0 Å². The first kappa shape index (κ1) is 13.2. The molecule has 0 atom stereocenters. The molecule has 0 amide bonds. The Morgan fingerprint density at radius 2 is 1.70 bits per heavy atom. The SMILES string of the molecule is B[n+]1cccc(CN2CCN(c3ccccc3)CC2)c1. The Morgan fingerprint density at radius 1 is 0.950 bits per heavy atom. The molecule has 1 fully saturated rings. The molecule has 0 spiro atoms. The number of nitrogens with zero attached hydrogens (tertiary/aromatic N) is 3. The van der Waals surface area contributed by atoms with Crippen LogP contribution in [-0.2, 0) is 6.54 Å². The number of aromatic nitrogens is 1. The molecule has 0 radical (unpaired) electrons. The van der Waals surface area contributed by atoms with Gasteiger partial charge in [-0.2, -0.15) is 0 Å². The second-order valence-corrected chi connectivity index (χ2v) is 5.48. The van der Waals surface area contributed by atoms with Crippen LogP contribution in [0.1, 0.15) is 5.56 Å². The average Bonchev–Trinajstić information content (AvgIpc) is 2.49. The van der Waals surface area contributed by atoms with E-state index < -0.39 is 0 Å². The Morgan fingerprint density at radius 3 is 2.40 bits per heavy atom. The molecule has 0 N–H and O–H groups in total. The van der Waals surface area contributed by atoms with E-state index in [1.807, 2.05) is 0 Å².